The summed E-state index contributed by atoms with van der Waals surface area (Å²) in [5.41, 5.74) is 12.4. The lowest BCUT2D eigenvalue weighted by Crippen LogP contribution is -2.40. The lowest BCUT2D eigenvalue weighted by molar-refractivity contribution is 0.435. The Balaban J connectivity index is 1.03. The molecule has 290 valence electrons. The Bertz CT molecular complexity index is 3280. The molecule has 5 nitrogen and oxygen atoms in total. The van der Waals surface area contributed by atoms with Crippen LogP contribution in [0.25, 0.3) is 60.7 Å². The Labute approximate surface area is 354 Å². The van der Waals surface area contributed by atoms with Gasteiger partial charge in [-0.2, -0.15) is 0 Å². The molecule has 0 saturated carbocycles. The molecule has 10 aromatic rings. The SMILES string of the molecule is C1=C(n2c3cc(-c4ccc5c(c4)Oc4ccccc4N5c4ccccc4)ccc3c3c4ccccc4ccc32)NC(c2ccccc2)NC1c1ccc(-c2ccccc2)cc1. The van der Waals surface area contributed by atoms with Crippen molar-refractivity contribution in [2.24, 2.45) is 0 Å². The summed E-state index contributed by atoms with van der Waals surface area (Å²) in [5.74, 6) is 2.68. The molecular formula is C56H40N4O. The molecule has 2 atom stereocenters. The molecule has 61 heavy (non-hydrogen) atoms. The smallest absolute Gasteiger partial charge is 0.152 e. The van der Waals surface area contributed by atoms with Gasteiger partial charge >= 0.3 is 0 Å². The van der Waals surface area contributed by atoms with E-state index in [4.69, 9.17) is 4.74 Å². The number of nitrogens with zero attached hydrogens (tertiary/aromatic N) is 2. The van der Waals surface area contributed by atoms with E-state index in [1.165, 1.54) is 43.8 Å². The molecular weight excluding hydrogens is 745 g/mol. The van der Waals surface area contributed by atoms with Crippen molar-refractivity contribution >= 4 is 55.5 Å². The van der Waals surface area contributed by atoms with E-state index >= 15 is 0 Å². The molecule has 0 aliphatic carbocycles. The van der Waals surface area contributed by atoms with Crippen LogP contribution in [0.2, 0.25) is 0 Å². The van der Waals surface area contributed by atoms with Gasteiger partial charge in [-0.25, -0.2) is 0 Å². The summed E-state index contributed by atoms with van der Waals surface area (Å²) >= 11 is 0. The van der Waals surface area contributed by atoms with Crippen molar-refractivity contribution < 1.29 is 4.74 Å². The van der Waals surface area contributed by atoms with Gasteiger partial charge in [0.15, 0.2) is 11.5 Å². The summed E-state index contributed by atoms with van der Waals surface area (Å²) in [6, 6.07) is 75.7. The second-order valence-electron chi connectivity index (χ2n) is 15.8. The Morgan fingerprint density at radius 2 is 1.10 bits per heavy atom. The molecule has 12 rings (SSSR count). The van der Waals surface area contributed by atoms with Crippen molar-refractivity contribution in [2.45, 2.75) is 12.2 Å². The number of benzene rings is 9. The normalized spacial score (nSPS) is 15.8. The van der Waals surface area contributed by atoms with Gasteiger partial charge in [-0.05, 0) is 98.8 Å². The number of rotatable bonds is 6. The first-order valence-corrected chi connectivity index (χ1v) is 20.9. The highest BCUT2D eigenvalue weighted by Gasteiger charge is 2.28. The van der Waals surface area contributed by atoms with Gasteiger partial charge in [0.05, 0.1) is 28.5 Å². The lowest BCUT2D eigenvalue weighted by Gasteiger charge is -2.34. The molecule has 2 unspecified atom stereocenters. The number of anilines is 3. The molecule has 0 amide bonds. The molecule has 0 fully saturated rings. The molecule has 0 bridgehead atoms. The van der Waals surface area contributed by atoms with Gasteiger partial charge in [-0.15, -0.1) is 0 Å². The second-order valence-corrected chi connectivity index (χ2v) is 15.8. The lowest BCUT2D eigenvalue weighted by atomic mass is 9.98. The van der Waals surface area contributed by atoms with Crippen molar-refractivity contribution in [1.82, 2.24) is 15.2 Å². The average Bonchev–Trinajstić information content (AvgIpc) is 3.68. The van der Waals surface area contributed by atoms with Crippen LogP contribution in [0.3, 0.4) is 0 Å². The van der Waals surface area contributed by atoms with Crippen LogP contribution in [-0.4, -0.2) is 4.57 Å². The largest absolute Gasteiger partial charge is 0.453 e. The van der Waals surface area contributed by atoms with E-state index in [0.717, 1.165) is 56.5 Å². The minimum Gasteiger partial charge on any atom is -0.453 e. The van der Waals surface area contributed by atoms with Gasteiger partial charge in [0.1, 0.15) is 12.0 Å². The monoisotopic (exact) mass is 784 g/mol. The first kappa shape index (κ1) is 35.1. The zero-order valence-corrected chi connectivity index (χ0v) is 33.2. The minimum atomic E-state index is -0.135. The first-order valence-electron chi connectivity index (χ1n) is 20.9. The standard InChI is InChI=1S/C56H40N4O/c1-4-14-37(15-5-1)38-24-26-40(27-25-38)47-36-54(58-56(57-47)41-17-6-2-7-18-41)60-50-33-29-39-16-10-11-21-45(39)55(50)46-31-28-42(34-51(46)60)43-30-32-49-53(35-43)61-52-23-13-12-22-48(52)59(49)44-19-8-3-9-20-44/h1-36,47,56-58H. The van der Waals surface area contributed by atoms with Crippen LogP contribution in [-0.2, 0) is 0 Å². The Kier molecular flexibility index (Phi) is 8.32. The quantitative estimate of drug-likeness (QED) is 0.176. The predicted octanol–water partition coefficient (Wildman–Crippen LogP) is 14.3. The molecule has 0 spiro atoms. The Morgan fingerprint density at radius 3 is 1.93 bits per heavy atom. The number of hydrogen-bond acceptors (Lipinski definition) is 4. The van der Waals surface area contributed by atoms with E-state index < -0.39 is 0 Å². The number of aromatic nitrogens is 1. The third-order valence-corrected chi connectivity index (χ3v) is 12.2. The average molecular weight is 785 g/mol. The predicted molar refractivity (Wildman–Crippen MR) is 251 cm³/mol. The maximum absolute atomic E-state index is 6.66. The van der Waals surface area contributed by atoms with E-state index in [1.54, 1.807) is 0 Å². The molecule has 2 aliphatic rings. The maximum Gasteiger partial charge on any atom is 0.152 e. The highest BCUT2D eigenvalue weighted by molar-refractivity contribution is 6.22. The number of ether oxygens (including phenoxy) is 1. The molecule has 9 aromatic carbocycles. The summed E-state index contributed by atoms with van der Waals surface area (Å²) in [7, 11) is 0. The van der Waals surface area contributed by atoms with Crippen molar-refractivity contribution in [3.8, 4) is 33.8 Å². The van der Waals surface area contributed by atoms with Crippen LogP contribution in [0.1, 0.15) is 23.3 Å². The van der Waals surface area contributed by atoms with Gasteiger partial charge in [-0.3, -0.25) is 9.88 Å². The molecule has 5 heteroatoms. The summed E-state index contributed by atoms with van der Waals surface area (Å²) in [6.07, 6.45) is 2.21. The minimum absolute atomic E-state index is 0.0596. The third-order valence-electron chi connectivity index (χ3n) is 12.2. The summed E-state index contributed by atoms with van der Waals surface area (Å²) < 4.78 is 9.10. The van der Waals surface area contributed by atoms with Crippen LogP contribution in [0.4, 0.5) is 17.1 Å². The molecule has 1 aromatic heterocycles. The Morgan fingerprint density at radius 1 is 0.443 bits per heavy atom. The summed E-state index contributed by atoms with van der Waals surface area (Å²) in [6.45, 7) is 0. The Hall–Kier alpha value is -7.86. The van der Waals surface area contributed by atoms with Crippen LogP contribution in [0, 0.1) is 0 Å². The van der Waals surface area contributed by atoms with Crippen LogP contribution in [0.15, 0.2) is 218 Å². The van der Waals surface area contributed by atoms with E-state index in [0.29, 0.717) is 0 Å². The second kappa shape index (κ2) is 14.5. The van der Waals surface area contributed by atoms with Crippen LogP contribution >= 0.6 is 0 Å². The number of hydrogen-bond donors (Lipinski definition) is 2. The zero-order chi connectivity index (χ0) is 40.3. The topological polar surface area (TPSA) is 41.5 Å². The summed E-state index contributed by atoms with van der Waals surface area (Å²) in [5, 5.41) is 12.8. The molecule has 0 saturated heterocycles. The molecule has 0 radical (unpaired) electrons. The van der Waals surface area contributed by atoms with Crippen LogP contribution in [0.5, 0.6) is 11.5 Å². The van der Waals surface area contributed by atoms with Gasteiger partial charge in [0.25, 0.3) is 0 Å². The number of fused-ring (bicyclic) bond motifs is 7. The highest BCUT2D eigenvalue weighted by Crippen LogP contribution is 2.51. The fourth-order valence-electron chi connectivity index (χ4n) is 9.31. The zero-order valence-electron chi connectivity index (χ0n) is 33.2. The number of nitrogens with one attached hydrogen (secondary N) is 2. The fourth-order valence-corrected chi connectivity index (χ4v) is 9.31. The van der Waals surface area contributed by atoms with E-state index in [9.17, 15) is 0 Å². The van der Waals surface area contributed by atoms with Crippen molar-refractivity contribution in [1.29, 1.82) is 0 Å². The molecule has 2 aliphatic heterocycles. The molecule has 2 N–H and O–H groups in total. The highest BCUT2D eigenvalue weighted by atomic mass is 16.5. The van der Waals surface area contributed by atoms with Crippen LogP contribution < -0.4 is 20.3 Å². The van der Waals surface area contributed by atoms with E-state index in [2.05, 4.69) is 226 Å². The van der Waals surface area contributed by atoms with Crippen molar-refractivity contribution in [3.63, 3.8) is 0 Å². The van der Waals surface area contributed by atoms with Gasteiger partial charge in [-0.1, -0.05) is 164 Å². The summed E-state index contributed by atoms with van der Waals surface area (Å²) in [4.78, 5) is 2.29. The first-order chi connectivity index (χ1) is 30.2. The maximum atomic E-state index is 6.66. The van der Waals surface area contributed by atoms with Gasteiger partial charge in [0.2, 0.25) is 0 Å². The third kappa shape index (κ3) is 6.05. The van der Waals surface area contributed by atoms with Crippen molar-refractivity contribution in [3.05, 3.63) is 230 Å². The fraction of sp³-hybridized carbons (Fsp3) is 0.0357. The van der Waals surface area contributed by atoms with E-state index in [1.807, 2.05) is 12.1 Å². The number of para-hydroxylation sites is 3. The molecule has 3 heterocycles. The van der Waals surface area contributed by atoms with E-state index in [-0.39, 0.29) is 12.2 Å². The van der Waals surface area contributed by atoms with Crippen molar-refractivity contribution in [2.75, 3.05) is 4.90 Å². The van der Waals surface area contributed by atoms with Gasteiger partial charge in [0, 0.05) is 16.5 Å². The van der Waals surface area contributed by atoms with Gasteiger partial charge < -0.3 is 15.0 Å².